The molecule has 5 nitrogen and oxygen atoms in total. The van der Waals surface area contributed by atoms with E-state index in [1.165, 1.54) is 16.3 Å². The van der Waals surface area contributed by atoms with Gasteiger partial charge in [0.15, 0.2) is 10.9 Å². The van der Waals surface area contributed by atoms with Gasteiger partial charge in [-0.3, -0.25) is 14.2 Å². The zero-order valence-corrected chi connectivity index (χ0v) is 15.2. The van der Waals surface area contributed by atoms with Crippen LogP contribution < -0.4 is 5.56 Å². The van der Waals surface area contributed by atoms with Crippen molar-refractivity contribution in [1.29, 1.82) is 0 Å². The maximum Gasteiger partial charge on any atom is 0.262 e. The SMILES string of the molecule is C=CCn1c(SCC(=O)c2cc3ccccc3o2)nc2ccccc2c1=O. The highest BCUT2D eigenvalue weighted by atomic mass is 32.2. The first-order chi connectivity index (χ1) is 13.2. The van der Waals surface area contributed by atoms with Crippen LogP contribution in [-0.2, 0) is 6.54 Å². The molecule has 0 aliphatic rings. The Kier molecular flexibility index (Phi) is 4.64. The fraction of sp³-hybridized carbons (Fsp3) is 0.0952. The Morgan fingerprint density at radius 1 is 1.19 bits per heavy atom. The number of Topliss-reactive ketones (excluding diaryl/α,β-unsaturated/α-hetero) is 1. The van der Waals surface area contributed by atoms with Gasteiger partial charge in [-0.2, -0.15) is 0 Å². The molecule has 4 aromatic rings. The summed E-state index contributed by atoms with van der Waals surface area (Å²) in [5, 5.41) is 1.92. The molecule has 0 atom stereocenters. The van der Waals surface area contributed by atoms with E-state index in [2.05, 4.69) is 11.6 Å². The standard InChI is InChI=1S/C21H16N2O3S/c1-2-11-23-20(25)15-8-4-5-9-16(15)22-21(23)27-13-17(24)19-12-14-7-3-6-10-18(14)26-19/h2-10,12H,1,11,13H2. The van der Waals surface area contributed by atoms with Crippen LogP contribution in [0.5, 0.6) is 0 Å². The van der Waals surface area contributed by atoms with E-state index >= 15 is 0 Å². The highest BCUT2D eigenvalue weighted by Crippen LogP contribution is 2.23. The average Bonchev–Trinajstić information content (AvgIpc) is 3.13. The fourth-order valence-corrected chi connectivity index (χ4v) is 3.75. The molecule has 0 saturated carbocycles. The van der Waals surface area contributed by atoms with Crippen LogP contribution in [-0.4, -0.2) is 21.1 Å². The highest BCUT2D eigenvalue weighted by molar-refractivity contribution is 7.99. The first kappa shape index (κ1) is 17.3. The van der Waals surface area contributed by atoms with Crippen molar-refractivity contribution in [2.75, 3.05) is 5.75 Å². The van der Waals surface area contributed by atoms with Crippen molar-refractivity contribution in [2.45, 2.75) is 11.7 Å². The third kappa shape index (κ3) is 3.31. The van der Waals surface area contributed by atoms with Gasteiger partial charge in [-0.05, 0) is 24.3 Å². The molecule has 0 radical (unpaired) electrons. The number of rotatable bonds is 6. The van der Waals surface area contributed by atoms with E-state index in [0.29, 0.717) is 33.9 Å². The monoisotopic (exact) mass is 376 g/mol. The predicted molar refractivity (Wildman–Crippen MR) is 107 cm³/mol. The molecule has 0 fully saturated rings. The van der Waals surface area contributed by atoms with Crippen LogP contribution in [0.25, 0.3) is 21.9 Å². The fourth-order valence-electron chi connectivity index (χ4n) is 2.87. The molecule has 2 aromatic carbocycles. The third-order valence-electron chi connectivity index (χ3n) is 4.17. The number of hydrogen-bond donors (Lipinski definition) is 0. The van der Waals surface area contributed by atoms with E-state index in [1.807, 2.05) is 36.4 Å². The molecule has 0 unspecified atom stereocenters. The molecule has 0 aliphatic heterocycles. The van der Waals surface area contributed by atoms with Gasteiger partial charge in [0.25, 0.3) is 5.56 Å². The Labute approximate surface area is 159 Å². The lowest BCUT2D eigenvalue weighted by molar-refractivity contribution is 0.0994. The second-order valence-corrected chi connectivity index (χ2v) is 6.92. The topological polar surface area (TPSA) is 65.1 Å². The van der Waals surface area contributed by atoms with Gasteiger partial charge in [0.2, 0.25) is 5.78 Å². The minimum absolute atomic E-state index is 0.127. The summed E-state index contributed by atoms with van der Waals surface area (Å²) in [6.45, 7) is 4.04. The van der Waals surface area contributed by atoms with Gasteiger partial charge < -0.3 is 4.42 Å². The second kappa shape index (κ2) is 7.25. The summed E-state index contributed by atoms with van der Waals surface area (Å²) in [4.78, 5) is 29.8. The van der Waals surface area contributed by atoms with Crippen LogP contribution in [0.2, 0.25) is 0 Å². The van der Waals surface area contributed by atoms with Gasteiger partial charge in [0, 0.05) is 11.9 Å². The molecule has 2 heterocycles. The Hall–Kier alpha value is -3.12. The van der Waals surface area contributed by atoms with Gasteiger partial charge in [0.1, 0.15) is 5.58 Å². The van der Waals surface area contributed by atoms with Gasteiger partial charge in [-0.25, -0.2) is 4.98 Å². The smallest absolute Gasteiger partial charge is 0.262 e. The van der Waals surface area contributed by atoms with E-state index in [1.54, 1.807) is 24.3 Å². The highest BCUT2D eigenvalue weighted by Gasteiger charge is 2.16. The molecule has 27 heavy (non-hydrogen) atoms. The first-order valence-corrected chi connectivity index (χ1v) is 9.41. The summed E-state index contributed by atoms with van der Waals surface area (Å²) in [6.07, 6.45) is 1.64. The molecular weight excluding hydrogens is 360 g/mol. The zero-order chi connectivity index (χ0) is 18.8. The van der Waals surface area contributed by atoms with E-state index in [-0.39, 0.29) is 17.1 Å². The number of carbonyl (C=O) groups is 1. The van der Waals surface area contributed by atoms with Gasteiger partial charge in [-0.1, -0.05) is 48.2 Å². The third-order valence-corrected chi connectivity index (χ3v) is 5.15. The van der Waals surface area contributed by atoms with Gasteiger partial charge >= 0.3 is 0 Å². The Morgan fingerprint density at radius 2 is 1.96 bits per heavy atom. The number of carbonyl (C=O) groups excluding carboxylic acids is 1. The molecule has 0 N–H and O–H groups in total. The number of hydrogen-bond acceptors (Lipinski definition) is 5. The molecule has 0 aliphatic carbocycles. The van der Waals surface area contributed by atoms with Gasteiger partial charge in [0.05, 0.1) is 16.7 Å². The lowest BCUT2D eigenvalue weighted by Gasteiger charge is -2.10. The molecule has 0 saturated heterocycles. The van der Waals surface area contributed by atoms with E-state index in [0.717, 1.165) is 5.39 Å². The molecule has 0 spiro atoms. The maximum absolute atomic E-state index is 12.7. The number of nitrogens with zero attached hydrogens (tertiary/aromatic N) is 2. The van der Waals surface area contributed by atoms with Crippen molar-refractivity contribution in [3.05, 3.63) is 83.4 Å². The Balaban J connectivity index is 1.64. The van der Waals surface area contributed by atoms with Crippen LogP contribution in [0.1, 0.15) is 10.6 Å². The summed E-state index contributed by atoms with van der Waals surface area (Å²) in [6, 6.07) is 16.4. The molecular formula is C21H16N2O3S. The number of furan rings is 1. The molecule has 0 bridgehead atoms. The van der Waals surface area contributed by atoms with E-state index in [9.17, 15) is 9.59 Å². The first-order valence-electron chi connectivity index (χ1n) is 8.42. The van der Waals surface area contributed by atoms with Crippen LogP contribution >= 0.6 is 11.8 Å². The molecule has 6 heteroatoms. The summed E-state index contributed by atoms with van der Waals surface area (Å²) in [5.41, 5.74) is 1.15. The van der Waals surface area contributed by atoms with Crippen LogP contribution in [0.3, 0.4) is 0 Å². The maximum atomic E-state index is 12.7. The molecule has 134 valence electrons. The Morgan fingerprint density at radius 3 is 2.78 bits per heavy atom. The molecule has 0 amide bonds. The lowest BCUT2D eigenvalue weighted by atomic mass is 10.2. The summed E-state index contributed by atoms with van der Waals surface area (Å²) in [7, 11) is 0. The summed E-state index contributed by atoms with van der Waals surface area (Å²) in [5.74, 6) is 0.285. The number of para-hydroxylation sites is 2. The minimum atomic E-state index is -0.149. The van der Waals surface area contributed by atoms with Crippen LogP contribution in [0.15, 0.2) is 81.6 Å². The average molecular weight is 376 g/mol. The second-order valence-electron chi connectivity index (χ2n) is 5.98. The van der Waals surface area contributed by atoms with Crippen LogP contribution in [0.4, 0.5) is 0 Å². The van der Waals surface area contributed by atoms with Crippen molar-refractivity contribution in [2.24, 2.45) is 0 Å². The van der Waals surface area contributed by atoms with Crippen LogP contribution in [0, 0.1) is 0 Å². The summed E-state index contributed by atoms with van der Waals surface area (Å²) < 4.78 is 7.16. The number of benzene rings is 2. The van der Waals surface area contributed by atoms with Crippen molar-refractivity contribution in [3.8, 4) is 0 Å². The largest absolute Gasteiger partial charge is 0.453 e. The molecule has 2 aromatic heterocycles. The summed E-state index contributed by atoms with van der Waals surface area (Å²) >= 11 is 1.22. The number of ketones is 1. The number of thioether (sulfide) groups is 1. The number of fused-ring (bicyclic) bond motifs is 2. The lowest BCUT2D eigenvalue weighted by Crippen LogP contribution is -2.23. The predicted octanol–water partition coefficient (Wildman–Crippen LogP) is 4.30. The van der Waals surface area contributed by atoms with Crippen molar-refractivity contribution in [1.82, 2.24) is 9.55 Å². The Bertz CT molecular complexity index is 1190. The van der Waals surface area contributed by atoms with E-state index in [4.69, 9.17) is 4.42 Å². The van der Waals surface area contributed by atoms with Crippen molar-refractivity contribution >= 4 is 39.4 Å². The van der Waals surface area contributed by atoms with Crippen molar-refractivity contribution in [3.63, 3.8) is 0 Å². The van der Waals surface area contributed by atoms with E-state index < -0.39 is 0 Å². The zero-order valence-electron chi connectivity index (χ0n) is 14.4. The quantitative estimate of drug-likeness (QED) is 0.217. The van der Waals surface area contributed by atoms with Gasteiger partial charge in [-0.15, -0.1) is 6.58 Å². The number of allylic oxidation sites excluding steroid dienone is 1. The number of aromatic nitrogens is 2. The normalized spacial score (nSPS) is 11.1. The minimum Gasteiger partial charge on any atom is -0.453 e. The van der Waals surface area contributed by atoms with Crippen molar-refractivity contribution < 1.29 is 9.21 Å². The molecule has 4 rings (SSSR count).